The average molecular weight is 259 g/mol. The maximum absolute atomic E-state index is 11.4. The molecule has 2 heterocycles. The van der Waals surface area contributed by atoms with Crippen LogP contribution in [0.2, 0.25) is 0 Å². The van der Waals surface area contributed by atoms with Crippen LogP contribution in [-0.4, -0.2) is 26.5 Å². The van der Waals surface area contributed by atoms with Gasteiger partial charge in [0.1, 0.15) is 0 Å². The van der Waals surface area contributed by atoms with Crippen molar-refractivity contribution >= 4 is 21.2 Å². The van der Waals surface area contributed by atoms with Gasteiger partial charge < -0.3 is 5.73 Å². The number of sulfone groups is 1. The van der Waals surface area contributed by atoms with Crippen molar-refractivity contribution in [2.24, 2.45) is 17.6 Å². The highest BCUT2D eigenvalue weighted by Crippen LogP contribution is 2.28. The van der Waals surface area contributed by atoms with Crippen LogP contribution < -0.4 is 5.73 Å². The van der Waals surface area contributed by atoms with Gasteiger partial charge in [0.05, 0.1) is 11.5 Å². The monoisotopic (exact) mass is 259 g/mol. The van der Waals surface area contributed by atoms with Crippen molar-refractivity contribution in [3.63, 3.8) is 0 Å². The van der Waals surface area contributed by atoms with Gasteiger partial charge >= 0.3 is 0 Å². The SMILES string of the molecule is NCC(Cc1ccsc1)C1CCS(=O)(=O)C1. The Morgan fingerprint density at radius 3 is 2.88 bits per heavy atom. The third kappa shape index (κ3) is 2.84. The maximum atomic E-state index is 11.4. The molecule has 0 amide bonds. The molecule has 1 aromatic heterocycles. The molecule has 0 aliphatic carbocycles. The van der Waals surface area contributed by atoms with E-state index in [-0.39, 0.29) is 5.92 Å². The first kappa shape index (κ1) is 12.1. The molecule has 0 saturated carbocycles. The second kappa shape index (κ2) is 4.85. The highest BCUT2D eigenvalue weighted by atomic mass is 32.2. The molecule has 1 aliphatic rings. The predicted molar refractivity (Wildman–Crippen MR) is 67.3 cm³/mol. The molecule has 1 aromatic rings. The molecule has 0 bridgehead atoms. The molecule has 2 unspecified atom stereocenters. The van der Waals surface area contributed by atoms with Crippen LogP contribution >= 0.6 is 11.3 Å². The standard InChI is InChI=1S/C11H17NO2S2/c12-6-11(5-9-1-3-15-7-9)10-2-4-16(13,14)8-10/h1,3,7,10-11H,2,4-6,8,12H2. The fraction of sp³-hybridized carbons (Fsp3) is 0.636. The summed E-state index contributed by atoms with van der Waals surface area (Å²) in [6, 6.07) is 2.09. The Hall–Kier alpha value is -0.390. The number of rotatable bonds is 4. The first-order chi connectivity index (χ1) is 7.61. The second-order valence-corrected chi connectivity index (χ2v) is 7.50. The van der Waals surface area contributed by atoms with Gasteiger partial charge in [0.25, 0.3) is 0 Å². The van der Waals surface area contributed by atoms with Crippen LogP contribution in [0.25, 0.3) is 0 Å². The van der Waals surface area contributed by atoms with Crippen LogP contribution in [0, 0.1) is 11.8 Å². The Morgan fingerprint density at radius 1 is 1.56 bits per heavy atom. The Labute approximate surface area is 101 Å². The number of thiophene rings is 1. The first-order valence-corrected chi connectivity index (χ1v) is 8.29. The number of hydrogen-bond donors (Lipinski definition) is 1. The number of nitrogens with two attached hydrogens (primary N) is 1. The van der Waals surface area contributed by atoms with Crippen LogP contribution in [0.3, 0.4) is 0 Å². The third-order valence-corrected chi connectivity index (χ3v) is 5.84. The molecule has 1 saturated heterocycles. The molecule has 5 heteroatoms. The summed E-state index contributed by atoms with van der Waals surface area (Å²) in [7, 11) is -2.78. The van der Waals surface area contributed by atoms with Gasteiger partial charge in [0.15, 0.2) is 9.84 Å². The molecule has 1 aliphatic heterocycles. The van der Waals surface area contributed by atoms with Gasteiger partial charge in [-0.1, -0.05) is 0 Å². The molecule has 16 heavy (non-hydrogen) atoms. The molecule has 0 radical (unpaired) electrons. The van der Waals surface area contributed by atoms with E-state index >= 15 is 0 Å². The third-order valence-electron chi connectivity index (χ3n) is 3.32. The summed E-state index contributed by atoms with van der Waals surface area (Å²) in [6.45, 7) is 0.579. The molecular weight excluding hydrogens is 242 g/mol. The van der Waals surface area contributed by atoms with Gasteiger partial charge in [-0.05, 0) is 53.6 Å². The minimum absolute atomic E-state index is 0.259. The normalized spacial score (nSPS) is 25.7. The zero-order valence-electron chi connectivity index (χ0n) is 9.13. The fourth-order valence-corrected chi connectivity index (χ4v) is 4.95. The van der Waals surface area contributed by atoms with Gasteiger partial charge in [0, 0.05) is 0 Å². The van der Waals surface area contributed by atoms with Gasteiger partial charge in [-0.25, -0.2) is 8.42 Å². The fourth-order valence-electron chi connectivity index (χ4n) is 2.35. The van der Waals surface area contributed by atoms with Crippen LogP contribution in [0.4, 0.5) is 0 Å². The van der Waals surface area contributed by atoms with Gasteiger partial charge in [-0.3, -0.25) is 0 Å². The first-order valence-electron chi connectivity index (χ1n) is 5.52. The van der Waals surface area contributed by atoms with Crippen LogP contribution in [-0.2, 0) is 16.3 Å². The van der Waals surface area contributed by atoms with E-state index in [1.54, 1.807) is 11.3 Å². The Bertz CT molecular complexity index is 425. The molecule has 3 nitrogen and oxygen atoms in total. The van der Waals surface area contributed by atoms with Gasteiger partial charge in [0.2, 0.25) is 0 Å². The van der Waals surface area contributed by atoms with E-state index in [1.807, 2.05) is 5.38 Å². The largest absolute Gasteiger partial charge is 0.330 e. The summed E-state index contributed by atoms with van der Waals surface area (Å²) in [5, 5.41) is 4.17. The molecule has 2 atom stereocenters. The molecule has 2 N–H and O–H groups in total. The van der Waals surface area contributed by atoms with Crippen LogP contribution in [0.5, 0.6) is 0 Å². The summed E-state index contributed by atoms with van der Waals surface area (Å²) >= 11 is 1.68. The van der Waals surface area contributed by atoms with E-state index in [2.05, 4.69) is 11.4 Å². The molecule has 90 valence electrons. The minimum atomic E-state index is -2.78. The quantitative estimate of drug-likeness (QED) is 0.886. The Morgan fingerprint density at radius 2 is 2.38 bits per heavy atom. The second-order valence-electron chi connectivity index (χ2n) is 4.49. The summed E-state index contributed by atoms with van der Waals surface area (Å²) in [5.74, 6) is 1.25. The van der Waals surface area contributed by atoms with E-state index in [4.69, 9.17) is 5.73 Å². The molecule has 1 fully saturated rings. The van der Waals surface area contributed by atoms with Crippen LogP contribution in [0.15, 0.2) is 16.8 Å². The molecule has 0 spiro atoms. The van der Waals surface area contributed by atoms with Crippen molar-refractivity contribution in [2.45, 2.75) is 12.8 Å². The molecule has 2 rings (SSSR count). The summed E-state index contributed by atoms with van der Waals surface area (Å²) in [4.78, 5) is 0. The van der Waals surface area contributed by atoms with Crippen molar-refractivity contribution in [3.05, 3.63) is 22.4 Å². The van der Waals surface area contributed by atoms with E-state index in [0.717, 1.165) is 12.8 Å². The summed E-state index contributed by atoms with van der Waals surface area (Å²) in [6.07, 6.45) is 1.70. The van der Waals surface area contributed by atoms with Crippen molar-refractivity contribution in [2.75, 3.05) is 18.1 Å². The highest BCUT2D eigenvalue weighted by Gasteiger charge is 2.32. The van der Waals surface area contributed by atoms with Crippen LogP contribution in [0.1, 0.15) is 12.0 Å². The zero-order chi connectivity index (χ0) is 11.6. The lowest BCUT2D eigenvalue weighted by Crippen LogP contribution is -2.26. The van der Waals surface area contributed by atoms with E-state index < -0.39 is 9.84 Å². The molecular formula is C11H17NO2S2. The lowest BCUT2D eigenvalue weighted by atomic mass is 9.87. The van der Waals surface area contributed by atoms with E-state index in [9.17, 15) is 8.42 Å². The predicted octanol–water partition coefficient (Wildman–Crippen LogP) is 1.30. The lowest BCUT2D eigenvalue weighted by Gasteiger charge is -2.20. The average Bonchev–Trinajstić information content (AvgIpc) is 2.83. The maximum Gasteiger partial charge on any atom is 0.150 e. The topological polar surface area (TPSA) is 60.2 Å². The summed E-state index contributed by atoms with van der Waals surface area (Å²) < 4.78 is 22.9. The smallest absolute Gasteiger partial charge is 0.150 e. The lowest BCUT2D eigenvalue weighted by molar-refractivity contribution is 0.371. The highest BCUT2D eigenvalue weighted by molar-refractivity contribution is 7.91. The van der Waals surface area contributed by atoms with Crippen molar-refractivity contribution < 1.29 is 8.42 Å². The van der Waals surface area contributed by atoms with Crippen molar-refractivity contribution in [1.82, 2.24) is 0 Å². The number of hydrogen-bond acceptors (Lipinski definition) is 4. The van der Waals surface area contributed by atoms with Gasteiger partial charge in [-0.15, -0.1) is 0 Å². The van der Waals surface area contributed by atoms with E-state index in [0.29, 0.717) is 24.0 Å². The Balaban J connectivity index is 2.01. The van der Waals surface area contributed by atoms with E-state index in [1.165, 1.54) is 5.56 Å². The molecule has 0 aromatic carbocycles. The summed E-state index contributed by atoms with van der Waals surface area (Å²) in [5.41, 5.74) is 7.05. The Kier molecular flexibility index (Phi) is 3.66. The van der Waals surface area contributed by atoms with Crippen molar-refractivity contribution in [3.8, 4) is 0 Å². The van der Waals surface area contributed by atoms with Gasteiger partial charge in [-0.2, -0.15) is 11.3 Å². The minimum Gasteiger partial charge on any atom is -0.330 e. The zero-order valence-corrected chi connectivity index (χ0v) is 10.8. The van der Waals surface area contributed by atoms with Crippen molar-refractivity contribution in [1.29, 1.82) is 0 Å².